The lowest BCUT2D eigenvalue weighted by Gasteiger charge is -2.24. The Balaban J connectivity index is 4.46. The maximum atomic E-state index is 12.1. The molecule has 2 N–H and O–H groups in total. The molecule has 0 aliphatic rings. The maximum Gasteiger partial charge on any atom is 0.308 e. The van der Waals surface area contributed by atoms with Crippen LogP contribution in [0.15, 0.2) is 12.2 Å². The molecule has 28 heavy (non-hydrogen) atoms. The molecule has 0 aromatic carbocycles. The predicted octanol–water partition coefficient (Wildman–Crippen LogP) is 4.21. The van der Waals surface area contributed by atoms with E-state index in [0.29, 0.717) is 12.8 Å². The van der Waals surface area contributed by atoms with E-state index in [1.54, 1.807) is 34.0 Å². The third-order valence-electron chi connectivity index (χ3n) is 4.94. The van der Waals surface area contributed by atoms with Gasteiger partial charge in [0.15, 0.2) is 0 Å². The molecule has 0 rings (SSSR count). The van der Waals surface area contributed by atoms with E-state index >= 15 is 0 Å². The SMILES string of the molecule is COC(C)(C)CCCC(C)C(=O)OCC=CC(CC(C)C(=O)O)CC(C)(C)O. The molecule has 0 aliphatic heterocycles. The van der Waals surface area contributed by atoms with Gasteiger partial charge in [-0.15, -0.1) is 0 Å². The number of carboxylic acids is 1. The summed E-state index contributed by atoms with van der Waals surface area (Å²) in [5.74, 6) is -1.88. The molecule has 3 atom stereocenters. The smallest absolute Gasteiger partial charge is 0.308 e. The molecule has 164 valence electrons. The average molecular weight is 401 g/mol. The highest BCUT2D eigenvalue weighted by atomic mass is 16.5. The summed E-state index contributed by atoms with van der Waals surface area (Å²) in [6.45, 7) is 11.1. The normalized spacial score (nSPS) is 16.0. The van der Waals surface area contributed by atoms with Crippen LogP contribution in [-0.2, 0) is 19.1 Å². The third kappa shape index (κ3) is 12.9. The molecule has 0 radical (unpaired) electrons. The molecular weight excluding hydrogens is 360 g/mol. The molecule has 0 fully saturated rings. The third-order valence-corrected chi connectivity index (χ3v) is 4.94. The summed E-state index contributed by atoms with van der Waals surface area (Å²) >= 11 is 0. The number of rotatable bonds is 14. The van der Waals surface area contributed by atoms with E-state index in [-0.39, 0.29) is 30.0 Å². The van der Waals surface area contributed by atoms with Crippen LogP contribution in [0.4, 0.5) is 0 Å². The first kappa shape index (κ1) is 26.6. The van der Waals surface area contributed by atoms with Crippen LogP contribution < -0.4 is 0 Å². The van der Waals surface area contributed by atoms with Crippen LogP contribution in [0.2, 0.25) is 0 Å². The molecule has 3 unspecified atom stereocenters. The number of carbonyl (C=O) groups excluding carboxylic acids is 1. The molecule has 6 heteroatoms. The molecular formula is C22H40O6. The number of allylic oxidation sites excluding steroid dienone is 1. The Bertz CT molecular complexity index is 504. The molecule has 0 aliphatic carbocycles. The molecule has 6 nitrogen and oxygen atoms in total. The zero-order valence-corrected chi connectivity index (χ0v) is 18.7. The van der Waals surface area contributed by atoms with Crippen molar-refractivity contribution in [3.05, 3.63) is 12.2 Å². The summed E-state index contributed by atoms with van der Waals surface area (Å²) in [7, 11) is 1.69. The molecule has 0 heterocycles. The van der Waals surface area contributed by atoms with Gasteiger partial charge in [-0.1, -0.05) is 26.0 Å². The van der Waals surface area contributed by atoms with Gasteiger partial charge >= 0.3 is 11.9 Å². The summed E-state index contributed by atoms with van der Waals surface area (Å²) in [6.07, 6.45) is 6.96. The quantitative estimate of drug-likeness (QED) is 0.335. The van der Waals surface area contributed by atoms with E-state index in [0.717, 1.165) is 19.3 Å². The number of esters is 1. The Morgan fingerprint density at radius 3 is 2.21 bits per heavy atom. The van der Waals surface area contributed by atoms with Gasteiger partial charge in [-0.2, -0.15) is 0 Å². The number of carboxylic acid groups (broad SMARTS) is 1. The van der Waals surface area contributed by atoms with Crippen molar-refractivity contribution in [3.8, 4) is 0 Å². The van der Waals surface area contributed by atoms with Gasteiger partial charge in [-0.25, -0.2) is 0 Å². The second-order valence-electron chi connectivity index (χ2n) is 9.07. The lowest BCUT2D eigenvalue weighted by molar-refractivity contribution is -0.147. The first-order valence-corrected chi connectivity index (χ1v) is 10.1. The van der Waals surface area contributed by atoms with Crippen LogP contribution in [0.1, 0.15) is 73.6 Å². The average Bonchev–Trinajstić information content (AvgIpc) is 2.56. The molecule has 0 bridgehead atoms. The van der Waals surface area contributed by atoms with Crippen LogP contribution >= 0.6 is 0 Å². The summed E-state index contributed by atoms with van der Waals surface area (Å²) in [6, 6.07) is 0. The molecule has 0 saturated carbocycles. The highest BCUT2D eigenvalue weighted by Gasteiger charge is 2.23. The number of aliphatic carboxylic acids is 1. The molecule has 0 spiro atoms. The Hall–Kier alpha value is -1.40. The minimum absolute atomic E-state index is 0.0986. The first-order valence-electron chi connectivity index (χ1n) is 10.1. The van der Waals surface area contributed by atoms with E-state index in [1.165, 1.54) is 0 Å². The van der Waals surface area contributed by atoms with Crippen molar-refractivity contribution in [1.82, 2.24) is 0 Å². The predicted molar refractivity (Wildman–Crippen MR) is 110 cm³/mol. The van der Waals surface area contributed by atoms with Crippen LogP contribution in [0.5, 0.6) is 0 Å². The van der Waals surface area contributed by atoms with E-state index in [4.69, 9.17) is 14.6 Å². The number of carbonyl (C=O) groups is 2. The van der Waals surface area contributed by atoms with Crippen molar-refractivity contribution in [2.75, 3.05) is 13.7 Å². The highest BCUT2D eigenvalue weighted by molar-refractivity contribution is 5.72. The number of hydrogen-bond donors (Lipinski definition) is 2. The van der Waals surface area contributed by atoms with Gasteiger partial charge < -0.3 is 19.7 Å². The Kier molecular flexibility index (Phi) is 11.6. The van der Waals surface area contributed by atoms with Crippen LogP contribution in [0.3, 0.4) is 0 Å². The van der Waals surface area contributed by atoms with Crippen molar-refractivity contribution < 1.29 is 29.3 Å². The zero-order valence-electron chi connectivity index (χ0n) is 18.7. The maximum absolute atomic E-state index is 12.1. The summed E-state index contributed by atoms with van der Waals surface area (Å²) in [5.41, 5.74) is -1.08. The van der Waals surface area contributed by atoms with Gasteiger partial charge in [0.1, 0.15) is 6.61 Å². The number of ether oxygens (including phenoxy) is 2. The molecule has 0 saturated heterocycles. The standard InChI is InChI=1S/C22H40O6/c1-16(10-8-12-22(5,6)27-7)20(25)28-13-9-11-18(15-21(3,4)26)14-17(2)19(23)24/h9,11,16-18,26H,8,10,12-15H2,1-7H3,(H,23,24). The summed E-state index contributed by atoms with van der Waals surface area (Å²) in [4.78, 5) is 23.2. The molecule has 0 aromatic heterocycles. The second kappa shape index (κ2) is 12.2. The Morgan fingerprint density at radius 1 is 1.11 bits per heavy atom. The lowest BCUT2D eigenvalue weighted by Crippen LogP contribution is -2.25. The summed E-state index contributed by atoms with van der Waals surface area (Å²) < 4.78 is 10.7. The first-order chi connectivity index (χ1) is 12.8. The van der Waals surface area contributed by atoms with Crippen LogP contribution in [0.25, 0.3) is 0 Å². The van der Waals surface area contributed by atoms with Gasteiger partial charge in [-0.3, -0.25) is 9.59 Å². The van der Waals surface area contributed by atoms with Crippen molar-refractivity contribution in [1.29, 1.82) is 0 Å². The van der Waals surface area contributed by atoms with Crippen LogP contribution in [-0.4, -0.2) is 47.1 Å². The van der Waals surface area contributed by atoms with Crippen molar-refractivity contribution in [2.45, 2.75) is 84.8 Å². The van der Waals surface area contributed by atoms with E-state index < -0.39 is 17.5 Å². The summed E-state index contributed by atoms with van der Waals surface area (Å²) in [5, 5.41) is 19.1. The zero-order chi connectivity index (χ0) is 22.0. The minimum Gasteiger partial charge on any atom is -0.481 e. The van der Waals surface area contributed by atoms with Gasteiger partial charge in [-0.05, 0) is 65.7 Å². The largest absolute Gasteiger partial charge is 0.481 e. The topological polar surface area (TPSA) is 93.1 Å². The van der Waals surface area contributed by atoms with E-state index in [9.17, 15) is 14.7 Å². The minimum atomic E-state index is -0.894. The highest BCUT2D eigenvalue weighted by Crippen LogP contribution is 2.24. The lowest BCUT2D eigenvalue weighted by atomic mass is 9.86. The van der Waals surface area contributed by atoms with Gasteiger partial charge in [0, 0.05) is 7.11 Å². The fourth-order valence-electron chi connectivity index (χ4n) is 3.00. The van der Waals surface area contributed by atoms with Crippen molar-refractivity contribution in [3.63, 3.8) is 0 Å². The number of hydrogen-bond acceptors (Lipinski definition) is 5. The number of aliphatic hydroxyl groups is 1. The van der Waals surface area contributed by atoms with Crippen molar-refractivity contribution >= 4 is 11.9 Å². The fourth-order valence-corrected chi connectivity index (χ4v) is 3.00. The second-order valence-corrected chi connectivity index (χ2v) is 9.07. The van der Waals surface area contributed by atoms with E-state index in [1.807, 2.05) is 26.8 Å². The Morgan fingerprint density at radius 2 is 1.71 bits per heavy atom. The monoisotopic (exact) mass is 400 g/mol. The number of methoxy groups -OCH3 is 1. The molecule has 0 aromatic rings. The fraction of sp³-hybridized carbons (Fsp3) is 0.818. The van der Waals surface area contributed by atoms with Crippen molar-refractivity contribution in [2.24, 2.45) is 17.8 Å². The van der Waals surface area contributed by atoms with Gasteiger partial charge in [0.25, 0.3) is 0 Å². The van der Waals surface area contributed by atoms with Crippen LogP contribution in [0, 0.1) is 17.8 Å². The van der Waals surface area contributed by atoms with E-state index in [2.05, 4.69) is 0 Å². The molecule has 0 amide bonds. The Labute approximate surface area is 170 Å². The van der Waals surface area contributed by atoms with Gasteiger partial charge in [0.05, 0.1) is 23.0 Å². The van der Waals surface area contributed by atoms with Gasteiger partial charge in [0.2, 0.25) is 0 Å².